The summed E-state index contributed by atoms with van der Waals surface area (Å²) in [6.45, 7) is 5.61. The number of likely N-dealkylation sites (tertiary alicyclic amines) is 2. The second-order valence-electron chi connectivity index (χ2n) is 10.3. The summed E-state index contributed by atoms with van der Waals surface area (Å²) in [6.07, 6.45) is 8.42. The van der Waals surface area contributed by atoms with Crippen molar-refractivity contribution in [2.75, 3.05) is 26.2 Å². The van der Waals surface area contributed by atoms with E-state index in [2.05, 4.69) is 33.9 Å². The van der Waals surface area contributed by atoms with E-state index in [1.54, 1.807) is 6.20 Å². The van der Waals surface area contributed by atoms with Crippen molar-refractivity contribution in [1.29, 1.82) is 0 Å². The van der Waals surface area contributed by atoms with Gasteiger partial charge in [0.2, 0.25) is 5.88 Å². The molecule has 2 aliphatic heterocycles. The van der Waals surface area contributed by atoms with Crippen molar-refractivity contribution in [3.05, 3.63) is 87.2 Å². The largest absolute Gasteiger partial charge is 0.469 e. The molecule has 2 aliphatic rings. The molecule has 2 saturated heterocycles. The zero-order valence-corrected chi connectivity index (χ0v) is 23.6. The average molecular weight is 574 g/mol. The summed E-state index contributed by atoms with van der Waals surface area (Å²) in [5.41, 5.74) is 1.49. The first-order chi connectivity index (χ1) is 18.3. The van der Waals surface area contributed by atoms with Crippen molar-refractivity contribution in [3.8, 4) is 5.88 Å². The molecule has 9 heteroatoms. The molecule has 1 unspecified atom stereocenters. The van der Waals surface area contributed by atoms with Crippen LogP contribution >= 0.6 is 34.8 Å². The van der Waals surface area contributed by atoms with Crippen molar-refractivity contribution in [1.82, 2.24) is 19.8 Å². The van der Waals surface area contributed by atoms with E-state index in [0.717, 1.165) is 44.3 Å². The van der Waals surface area contributed by atoms with E-state index in [1.807, 2.05) is 35.2 Å². The van der Waals surface area contributed by atoms with Crippen molar-refractivity contribution in [3.63, 3.8) is 0 Å². The molecule has 1 atom stereocenters. The number of pyridine rings is 2. The first-order valence-corrected chi connectivity index (χ1v) is 14.1. The minimum absolute atomic E-state index is 0.0329. The first-order valence-electron chi connectivity index (χ1n) is 13.0. The summed E-state index contributed by atoms with van der Waals surface area (Å²) in [5, 5.41) is 1.30. The number of benzene rings is 1. The van der Waals surface area contributed by atoms with Gasteiger partial charge in [0.05, 0.1) is 15.6 Å². The van der Waals surface area contributed by atoms with Gasteiger partial charge in [-0.25, -0.2) is 4.98 Å². The van der Waals surface area contributed by atoms with E-state index >= 15 is 0 Å². The fraction of sp³-hybridized carbons (Fsp3) is 0.414. The quantitative estimate of drug-likeness (QED) is 0.319. The molecule has 4 heterocycles. The summed E-state index contributed by atoms with van der Waals surface area (Å²) < 4.78 is 6.44. The molecule has 200 valence electrons. The maximum absolute atomic E-state index is 13.1. The number of rotatable bonds is 6. The highest BCUT2D eigenvalue weighted by Gasteiger charge is 2.40. The average Bonchev–Trinajstić information content (AvgIpc) is 2.93. The number of piperidine rings is 2. The lowest BCUT2D eigenvalue weighted by Gasteiger charge is -2.49. The maximum Gasteiger partial charge on any atom is 0.257 e. The van der Waals surface area contributed by atoms with Crippen LogP contribution in [0.15, 0.2) is 61.1 Å². The highest BCUT2D eigenvalue weighted by atomic mass is 35.5. The molecular weight excluding hydrogens is 543 g/mol. The number of amides is 1. The van der Waals surface area contributed by atoms with Crippen LogP contribution in [0.2, 0.25) is 15.1 Å². The minimum Gasteiger partial charge on any atom is -0.469 e. The molecule has 2 fully saturated rings. The summed E-state index contributed by atoms with van der Waals surface area (Å²) in [7, 11) is 0. The lowest BCUT2D eigenvalue weighted by molar-refractivity contribution is -0.00611. The number of aromatic nitrogens is 2. The lowest BCUT2D eigenvalue weighted by Crippen LogP contribution is -2.56. The predicted octanol–water partition coefficient (Wildman–Crippen LogP) is 6.96. The molecule has 0 bridgehead atoms. The van der Waals surface area contributed by atoms with Crippen LogP contribution in [0, 0.1) is 5.92 Å². The van der Waals surface area contributed by atoms with Gasteiger partial charge in [-0.3, -0.25) is 14.7 Å². The summed E-state index contributed by atoms with van der Waals surface area (Å²) in [4.78, 5) is 26.0. The molecule has 0 spiro atoms. The van der Waals surface area contributed by atoms with Crippen LogP contribution in [0.25, 0.3) is 0 Å². The molecule has 1 aromatic carbocycles. The molecule has 0 saturated carbocycles. The van der Waals surface area contributed by atoms with Crippen LogP contribution < -0.4 is 4.74 Å². The molecule has 1 amide bonds. The molecule has 6 nitrogen and oxygen atoms in total. The molecular formula is C29H31Cl3N4O2. The number of carbonyl (C=O) groups is 1. The molecule has 0 N–H and O–H groups in total. The lowest BCUT2D eigenvalue weighted by atomic mass is 9.82. The van der Waals surface area contributed by atoms with Crippen LogP contribution in [0.3, 0.4) is 0 Å². The minimum atomic E-state index is -0.124. The van der Waals surface area contributed by atoms with E-state index in [1.165, 1.54) is 12.4 Å². The predicted molar refractivity (Wildman–Crippen MR) is 151 cm³/mol. The van der Waals surface area contributed by atoms with E-state index in [9.17, 15) is 4.79 Å². The Morgan fingerprint density at radius 2 is 1.63 bits per heavy atom. The smallest absolute Gasteiger partial charge is 0.257 e. The number of nitrogens with zero attached hydrogens (tertiary/aromatic N) is 4. The van der Waals surface area contributed by atoms with Crippen LogP contribution in [-0.4, -0.2) is 57.4 Å². The Hall–Kier alpha value is -2.38. The Balaban J connectivity index is 1.22. The van der Waals surface area contributed by atoms with Gasteiger partial charge in [-0.05, 0) is 69.5 Å². The van der Waals surface area contributed by atoms with Crippen LogP contribution in [0.4, 0.5) is 0 Å². The van der Waals surface area contributed by atoms with Gasteiger partial charge in [0.1, 0.15) is 6.10 Å². The van der Waals surface area contributed by atoms with Crippen molar-refractivity contribution in [2.45, 2.75) is 44.2 Å². The Bertz CT molecular complexity index is 1220. The molecule has 38 heavy (non-hydrogen) atoms. The third kappa shape index (κ3) is 5.94. The first kappa shape index (κ1) is 27.2. The maximum atomic E-state index is 13.1. The van der Waals surface area contributed by atoms with Gasteiger partial charge >= 0.3 is 0 Å². The fourth-order valence-corrected chi connectivity index (χ4v) is 6.31. The van der Waals surface area contributed by atoms with E-state index < -0.39 is 0 Å². The number of hydrogen-bond donors (Lipinski definition) is 0. The molecule has 5 rings (SSSR count). The summed E-state index contributed by atoms with van der Waals surface area (Å²) in [6, 6.07) is 13.7. The number of carbonyl (C=O) groups excluding carboxylic acids is 1. The highest BCUT2D eigenvalue weighted by Crippen LogP contribution is 2.39. The van der Waals surface area contributed by atoms with Gasteiger partial charge in [0.15, 0.2) is 0 Å². The van der Waals surface area contributed by atoms with Gasteiger partial charge in [-0.2, -0.15) is 0 Å². The van der Waals surface area contributed by atoms with Crippen LogP contribution in [0.1, 0.15) is 54.6 Å². The number of halogens is 3. The third-order valence-corrected chi connectivity index (χ3v) is 8.84. The molecule has 0 aliphatic carbocycles. The Kier molecular flexibility index (Phi) is 8.44. The summed E-state index contributed by atoms with van der Waals surface area (Å²) >= 11 is 18.6. The highest BCUT2D eigenvalue weighted by molar-refractivity contribution is 6.39. The van der Waals surface area contributed by atoms with E-state index in [4.69, 9.17) is 39.5 Å². The second kappa shape index (κ2) is 11.8. The Labute approximate surface area is 238 Å². The van der Waals surface area contributed by atoms with Crippen molar-refractivity contribution < 1.29 is 9.53 Å². The van der Waals surface area contributed by atoms with Crippen LogP contribution in [0.5, 0.6) is 5.88 Å². The Morgan fingerprint density at radius 1 is 0.974 bits per heavy atom. The molecule has 0 radical (unpaired) electrons. The van der Waals surface area contributed by atoms with Crippen LogP contribution in [-0.2, 0) is 0 Å². The topological polar surface area (TPSA) is 58.6 Å². The van der Waals surface area contributed by atoms with Gasteiger partial charge in [-0.15, -0.1) is 0 Å². The molecule has 2 aromatic heterocycles. The van der Waals surface area contributed by atoms with E-state index in [-0.39, 0.29) is 17.6 Å². The standard InChI is InChI=1S/C29H31Cl3N4O2/c1-29(11-16-35(17-12-29)28(37)26-23(31)18-33-19-24(26)32)36-14-9-21(10-15-36)27(20-5-7-22(30)8-6-20)38-25-4-2-3-13-34-25/h2-8,13,18-19,21,27H,9-12,14-17H2,1H3. The zero-order chi connectivity index (χ0) is 26.7. The zero-order valence-electron chi connectivity index (χ0n) is 21.3. The SMILES string of the molecule is CC1(N2CCC(C(Oc3ccccn3)c3ccc(Cl)cc3)CC2)CCN(C(=O)c2c(Cl)cncc2Cl)CC1. The van der Waals surface area contributed by atoms with E-state index in [0.29, 0.717) is 45.5 Å². The second-order valence-corrected chi connectivity index (χ2v) is 11.6. The monoisotopic (exact) mass is 572 g/mol. The van der Waals surface area contributed by atoms with Crippen molar-refractivity contribution in [2.24, 2.45) is 5.92 Å². The molecule has 3 aromatic rings. The van der Waals surface area contributed by atoms with Gasteiger partial charge < -0.3 is 9.64 Å². The third-order valence-electron chi connectivity index (χ3n) is 8.01. The van der Waals surface area contributed by atoms with Crippen molar-refractivity contribution >= 4 is 40.7 Å². The normalized spacial score (nSPS) is 19.2. The fourth-order valence-electron chi connectivity index (χ4n) is 5.66. The summed E-state index contributed by atoms with van der Waals surface area (Å²) in [5.74, 6) is 0.865. The number of ether oxygens (including phenoxy) is 1. The van der Waals surface area contributed by atoms with Gasteiger partial charge in [0.25, 0.3) is 5.91 Å². The van der Waals surface area contributed by atoms with Gasteiger partial charge in [0, 0.05) is 54.2 Å². The van der Waals surface area contributed by atoms with Gasteiger partial charge in [-0.1, -0.05) is 53.0 Å². The number of hydrogen-bond acceptors (Lipinski definition) is 5. The Morgan fingerprint density at radius 3 is 2.24 bits per heavy atom.